The van der Waals surface area contributed by atoms with Crippen LogP contribution in [0.1, 0.15) is 11.5 Å². The van der Waals surface area contributed by atoms with Gasteiger partial charge in [-0.15, -0.1) is 0 Å². The first-order valence-electron chi connectivity index (χ1n) is 5.31. The molecule has 1 unspecified atom stereocenters. The van der Waals surface area contributed by atoms with Crippen LogP contribution in [0.2, 0.25) is 0 Å². The smallest absolute Gasteiger partial charge is 0.233 e. The summed E-state index contributed by atoms with van der Waals surface area (Å²) in [6.07, 6.45) is 0. The van der Waals surface area contributed by atoms with Crippen molar-refractivity contribution in [3.05, 3.63) is 29.8 Å². The monoisotopic (exact) mass is 221 g/mol. The average Bonchev–Trinajstić information content (AvgIpc) is 2.72. The first-order valence-corrected chi connectivity index (χ1v) is 5.31. The Labute approximate surface area is 94.4 Å². The second-order valence-electron chi connectivity index (χ2n) is 3.88. The molecule has 1 N–H and O–H groups in total. The van der Waals surface area contributed by atoms with Gasteiger partial charge in [-0.2, -0.15) is 0 Å². The van der Waals surface area contributed by atoms with Gasteiger partial charge >= 0.3 is 0 Å². The number of hydrogen-bond donors (Lipinski definition) is 1. The molecule has 1 heterocycles. The van der Waals surface area contributed by atoms with E-state index < -0.39 is 0 Å². The predicted octanol–water partition coefficient (Wildman–Crippen LogP) is 0.613. The molecule has 16 heavy (non-hydrogen) atoms. The number of aliphatic hydroxyl groups is 1. The van der Waals surface area contributed by atoms with Crippen molar-refractivity contribution in [3.8, 4) is 5.75 Å². The highest BCUT2D eigenvalue weighted by atomic mass is 16.5. The van der Waals surface area contributed by atoms with Crippen LogP contribution >= 0.6 is 0 Å². The van der Waals surface area contributed by atoms with Crippen LogP contribution in [0.3, 0.4) is 0 Å². The molecule has 0 aromatic heterocycles. The summed E-state index contributed by atoms with van der Waals surface area (Å²) >= 11 is 0. The van der Waals surface area contributed by atoms with Crippen molar-refractivity contribution >= 4 is 5.91 Å². The average molecular weight is 221 g/mol. The lowest BCUT2D eigenvalue weighted by Gasteiger charge is -2.19. The molecule has 1 aromatic rings. The molecule has 1 amide bonds. The van der Waals surface area contributed by atoms with Gasteiger partial charge in [-0.25, -0.2) is 0 Å². The molecule has 4 heteroatoms. The van der Waals surface area contributed by atoms with E-state index in [0.29, 0.717) is 13.2 Å². The maximum Gasteiger partial charge on any atom is 0.233 e. The summed E-state index contributed by atoms with van der Waals surface area (Å²) in [6, 6.07) is 7.58. The summed E-state index contributed by atoms with van der Waals surface area (Å²) in [5, 5.41) is 8.80. The highest BCUT2D eigenvalue weighted by molar-refractivity contribution is 5.85. The molecule has 2 rings (SSSR count). The number of para-hydroxylation sites is 1. The van der Waals surface area contributed by atoms with Crippen molar-refractivity contribution in [1.29, 1.82) is 0 Å². The number of hydrogen-bond acceptors (Lipinski definition) is 3. The Morgan fingerprint density at radius 1 is 1.56 bits per heavy atom. The van der Waals surface area contributed by atoms with Gasteiger partial charge in [0.1, 0.15) is 18.3 Å². The Bertz CT molecular complexity index is 392. The summed E-state index contributed by atoms with van der Waals surface area (Å²) in [7, 11) is 1.69. The van der Waals surface area contributed by atoms with Gasteiger partial charge in [-0.1, -0.05) is 18.2 Å². The largest absolute Gasteiger partial charge is 0.492 e. The van der Waals surface area contributed by atoms with E-state index in [4.69, 9.17) is 9.84 Å². The van der Waals surface area contributed by atoms with E-state index in [-0.39, 0.29) is 18.4 Å². The predicted molar refractivity (Wildman–Crippen MR) is 59.4 cm³/mol. The summed E-state index contributed by atoms with van der Waals surface area (Å²) in [5.41, 5.74) is 0.942. The Hall–Kier alpha value is -1.55. The molecule has 0 fully saturated rings. The number of benzene rings is 1. The number of ether oxygens (including phenoxy) is 1. The van der Waals surface area contributed by atoms with Gasteiger partial charge in [-0.3, -0.25) is 4.79 Å². The van der Waals surface area contributed by atoms with Crippen molar-refractivity contribution in [1.82, 2.24) is 4.90 Å². The van der Waals surface area contributed by atoms with E-state index in [2.05, 4.69) is 0 Å². The molecule has 0 spiro atoms. The number of aliphatic hydroxyl groups excluding tert-OH is 1. The van der Waals surface area contributed by atoms with Crippen molar-refractivity contribution in [2.45, 2.75) is 5.92 Å². The van der Waals surface area contributed by atoms with E-state index in [0.717, 1.165) is 11.3 Å². The van der Waals surface area contributed by atoms with Gasteiger partial charge in [0, 0.05) is 19.2 Å². The van der Waals surface area contributed by atoms with Gasteiger partial charge in [0.2, 0.25) is 5.91 Å². The number of amides is 1. The van der Waals surface area contributed by atoms with E-state index in [1.807, 2.05) is 24.3 Å². The molecular weight excluding hydrogens is 206 g/mol. The fraction of sp³-hybridized carbons (Fsp3) is 0.417. The van der Waals surface area contributed by atoms with Gasteiger partial charge < -0.3 is 14.7 Å². The molecule has 86 valence electrons. The Kier molecular flexibility index (Phi) is 3.10. The van der Waals surface area contributed by atoms with Crippen molar-refractivity contribution < 1.29 is 14.6 Å². The van der Waals surface area contributed by atoms with Crippen LogP contribution in [0.4, 0.5) is 0 Å². The van der Waals surface area contributed by atoms with E-state index in [1.54, 1.807) is 7.05 Å². The molecule has 0 saturated carbocycles. The summed E-state index contributed by atoms with van der Waals surface area (Å²) < 4.78 is 5.45. The number of carbonyl (C=O) groups excluding carboxylic acids is 1. The van der Waals surface area contributed by atoms with Gasteiger partial charge in [0.15, 0.2) is 0 Å². The Balaban J connectivity index is 2.16. The zero-order valence-corrected chi connectivity index (χ0v) is 9.22. The van der Waals surface area contributed by atoms with E-state index >= 15 is 0 Å². The SMILES string of the molecule is CN(CCO)C(=O)C1COc2ccccc21. The second-order valence-corrected chi connectivity index (χ2v) is 3.88. The molecule has 1 aliphatic heterocycles. The molecule has 4 nitrogen and oxygen atoms in total. The van der Waals surface area contributed by atoms with Crippen LogP contribution in [0, 0.1) is 0 Å². The highest BCUT2D eigenvalue weighted by Crippen LogP contribution is 2.34. The number of rotatable bonds is 3. The van der Waals surface area contributed by atoms with Crippen molar-refractivity contribution in [2.75, 3.05) is 26.8 Å². The van der Waals surface area contributed by atoms with Gasteiger partial charge in [-0.05, 0) is 6.07 Å². The molecule has 1 atom stereocenters. The standard InChI is InChI=1S/C12H15NO3/c1-13(6-7-14)12(15)10-8-16-11-5-3-2-4-9(10)11/h2-5,10,14H,6-8H2,1H3. The number of likely N-dealkylation sites (N-methyl/N-ethyl adjacent to an activating group) is 1. The molecule has 0 bridgehead atoms. The third-order valence-corrected chi connectivity index (χ3v) is 2.81. The minimum atomic E-state index is -0.229. The second kappa shape index (κ2) is 4.53. The normalized spacial score (nSPS) is 17.8. The Morgan fingerprint density at radius 3 is 3.06 bits per heavy atom. The third-order valence-electron chi connectivity index (χ3n) is 2.81. The lowest BCUT2D eigenvalue weighted by molar-refractivity contribution is -0.132. The number of nitrogens with zero attached hydrogens (tertiary/aromatic N) is 1. The summed E-state index contributed by atoms with van der Waals surface area (Å²) in [6.45, 7) is 0.739. The van der Waals surface area contributed by atoms with E-state index in [1.165, 1.54) is 4.90 Å². The zero-order valence-electron chi connectivity index (χ0n) is 9.22. The van der Waals surface area contributed by atoms with Crippen LogP contribution in [0.5, 0.6) is 5.75 Å². The van der Waals surface area contributed by atoms with Crippen LogP contribution in [-0.4, -0.2) is 42.7 Å². The minimum Gasteiger partial charge on any atom is -0.492 e. The van der Waals surface area contributed by atoms with Gasteiger partial charge in [0.25, 0.3) is 0 Å². The topological polar surface area (TPSA) is 49.8 Å². The van der Waals surface area contributed by atoms with Crippen molar-refractivity contribution in [2.24, 2.45) is 0 Å². The number of carbonyl (C=O) groups is 1. The number of fused-ring (bicyclic) bond motifs is 1. The van der Waals surface area contributed by atoms with Crippen LogP contribution in [0.25, 0.3) is 0 Å². The van der Waals surface area contributed by atoms with Crippen LogP contribution < -0.4 is 4.74 Å². The van der Waals surface area contributed by atoms with Crippen molar-refractivity contribution in [3.63, 3.8) is 0 Å². The molecule has 1 aromatic carbocycles. The maximum absolute atomic E-state index is 12.0. The summed E-state index contributed by atoms with van der Waals surface area (Å²) in [5.74, 6) is 0.560. The first-order chi connectivity index (χ1) is 7.74. The summed E-state index contributed by atoms with van der Waals surface area (Å²) in [4.78, 5) is 13.6. The van der Waals surface area contributed by atoms with E-state index in [9.17, 15) is 4.79 Å². The minimum absolute atomic E-state index is 0.000926. The zero-order chi connectivity index (χ0) is 11.5. The van der Waals surface area contributed by atoms with Gasteiger partial charge in [0.05, 0.1) is 6.61 Å². The lowest BCUT2D eigenvalue weighted by atomic mass is 10.00. The van der Waals surface area contributed by atoms with Crippen LogP contribution in [-0.2, 0) is 4.79 Å². The maximum atomic E-state index is 12.0. The lowest BCUT2D eigenvalue weighted by Crippen LogP contribution is -2.34. The fourth-order valence-electron chi connectivity index (χ4n) is 1.89. The fourth-order valence-corrected chi connectivity index (χ4v) is 1.89. The molecular formula is C12H15NO3. The molecule has 0 saturated heterocycles. The first kappa shape index (κ1) is 11.0. The third kappa shape index (κ3) is 1.88. The Morgan fingerprint density at radius 2 is 2.31 bits per heavy atom. The molecule has 0 radical (unpaired) electrons. The molecule has 1 aliphatic rings. The highest BCUT2D eigenvalue weighted by Gasteiger charge is 2.31. The van der Waals surface area contributed by atoms with Crippen LogP contribution in [0.15, 0.2) is 24.3 Å². The quantitative estimate of drug-likeness (QED) is 0.813. The molecule has 0 aliphatic carbocycles.